The van der Waals surface area contributed by atoms with E-state index >= 15 is 0 Å². The van der Waals surface area contributed by atoms with Gasteiger partial charge >= 0.3 is 0 Å². The average Bonchev–Trinajstić information content (AvgIpc) is 2.97. The molecule has 4 fully saturated rings. The van der Waals surface area contributed by atoms with E-state index in [0.29, 0.717) is 0 Å². The summed E-state index contributed by atoms with van der Waals surface area (Å²) in [5, 5.41) is 5.15. The first kappa shape index (κ1) is 15.4. The van der Waals surface area contributed by atoms with Crippen LogP contribution in [-0.4, -0.2) is 35.8 Å². The third-order valence-corrected chi connectivity index (χ3v) is 6.74. The summed E-state index contributed by atoms with van der Waals surface area (Å²) in [6.07, 6.45) is 16.0. The number of nitrogens with one attached hydrogen (secondary N) is 2. The molecule has 0 aromatic carbocycles. The summed E-state index contributed by atoms with van der Waals surface area (Å²) in [7, 11) is 0. The van der Waals surface area contributed by atoms with Crippen LogP contribution >= 0.6 is 0 Å². The van der Waals surface area contributed by atoms with Gasteiger partial charge in [-0.2, -0.15) is 10.7 Å². The van der Waals surface area contributed by atoms with Crippen molar-refractivity contribution in [2.45, 2.75) is 76.7 Å². The number of hydrogen-bond donors (Lipinski definition) is 2. The Hall–Kier alpha value is -0.160. The largest absolute Gasteiger partial charge is 0.243 e. The monoisotopic (exact) mass is 306 g/mol. The number of hydrogen-bond acceptors (Lipinski definition) is 4. The third-order valence-electron chi connectivity index (χ3n) is 6.74. The summed E-state index contributed by atoms with van der Waals surface area (Å²) >= 11 is 0. The van der Waals surface area contributed by atoms with Crippen LogP contribution in [0.25, 0.3) is 0 Å². The lowest BCUT2D eigenvalue weighted by molar-refractivity contribution is -0.133. The van der Waals surface area contributed by atoms with Gasteiger partial charge in [0.15, 0.2) is 0 Å². The first-order chi connectivity index (χ1) is 10.9. The van der Waals surface area contributed by atoms with E-state index in [1.54, 1.807) is 0 Å². The summed E-state index contributed by atoms with van der Waals surface area (Å²) < 4.78 is 0. The molecule has 3 saturated heterocycles. The minimum absolute atomic E-state index is 0.815. The average molecular weight is 306 g/mol. The zero-order chi connectivity index (χ0) is 14.8. The molecule has 0 spiro atoms. The van der Waals surface area contributed by atoms with Crippen molar-refractivity contribution in [2.24, 2.45) is 17.8 Å². The maximum atomic E-state index is 3.47. The molecule has 4 aliphatic rings. The fourth-order valence-corrected chi connectivity index (χ4v) is 5.42. The highest BCUT2D eigenvalue weighted by Crippen LogP contribution is 2.41. The zero-order valence-electron chi connectivity index (χ0n) is 14.1. The van der Waals surface area contributed by atoms with Crippen LogP contribution in [0.4, 0.5) is 0 Å². The molecule has 4 nitrogen and oxygen atoms in total. The van der Waals surface area contributed by atoms with E-state index in [1.165, 1.54) is 83.7 Å². The molecule has 2 N–H and O–H groups in total. The Morgan fingerprint density at radius 2 is 1.59 bits per heavy atom. The summed E-state index contributed by atoms with van der Waals surface area (Å²) in [5.41, 5.74) is 6.93. The predicted octanol–water partition coefficient (Wildman–Crippen LogP) is 3.08. The van der Waals surface area contributed by atoms with E-state index in [9.17, 15) is 0 Å². The van der Waals surface area contributed by atoms with Crippen LogP contribution in [-0.2, 0) is 0 Å². The Labute approximate surface area is 135 Å². The second-order valence-corrected chi connectivity index (χ2v) is 8.24. The van der Waals surface area contributed by atoms with Crippen molar-refractivity contribution >= 4 is 0 Å². The number of rotatable bonds is 0. The fourth-order valence-electron chi connectivity index (χ4n) is 5.42. The minimum atomic E-state index is 0.815. The normalized spacial score (nSPS) is 44.5. The standard InChI is InChI=1S/C18H34N4/c1-2-4-6-15-8-9-17-10-11-21(18(17)12-15)22-14-16(7-5-3-1)13-19-20-22/h15-20H,1-14H2. The van der Waals surface area contributed by atoms with Gasteiger partial charge in [0.25, 0.3) is 0 Å². The van der Waals surface area contributed by atoms with Crippen molar-refractivity contribution in [3.8, 4) is 0 Å². The molecule has 3 aliphatic heterocycles. The quantitative estimate of drug-likeness (QED) is 0.720. The van der Waals surface area contributed by atoms with Crippen molar-refractivity contribution in [1.29, 1.82) is 0 Å². The molecular weight excluding hydrogens is 272 g/mol. The second-order valence-electron chi connectivity index (χ2n) is 8.24. The molecule has 0 aromatic rings. The first-order valence-corrected chi connectivity index (χ1v) is 9.93. The molecule has 126 valence electrons. The highest BCUT2D eigenvalue weighted by Gasteiger charge is 2.42. The molecule has 5 unspecified atom stereocenters. The lowest BCUT2D eigenvalue weighted by Gasteiger charge is -2.44. The van der Waals surface area contributed by atoms with Gasteiger partial charge in [0.05, 0.1) is 0 Å². The van der Waals surface area contributed by atoms with E-state index < -0.39 is 0 Å². The van der Waals surface area contributed by atoms with Gasteiger partial charge in [-0.25, -0.2) is 10.4 Å². The lowest BCUT2D eigenvalue weighted by Crippen LogP contribution is -2.64. The van der Waals surface area contributed by atoms with Gasteiger partial charge in [0.2, 0.25) is 0 Å². The van der Waals surface area contributed by atoms with Gasteiger partial charge in [-0.05, 0) is 43.4 Å². The van der Waals surface area contributed by atoms with Crippen molar-refractivity contribution < 1.29 is 0 Å². The van der Waals surface area contributed by atoms with Gasteiger partial charge in [-0.15, -0.1) is 0 Å². The molecule has 0 amide bonds. The topological polar surface area (TPSA) is 30.5 Å². The van der Waals surface area contributed by atoms with Gasteiger partial charge in [0, 0.05) is 25.7 Å². The molecule has 1 aliphatic carbocycles. The first-order valence-electron chi connectivity index (χ1n) is 9.93. The Kier molecular flexibility index (Phi) is 5.01. The number of nitrogens with zero attached hydrogens (tertiary/aromatic N) is 2. The van der Waals surface area contributed by atoms with Crippen LogP contribution in [0.1, 0.15) is 70.6 Å². The summed E-state index contributed by atoms with van der Waals surface area (Å²) in [6, 6.07) is 0.815. The van der Waals surface area contributed by atoms with Crippen molar-refractivity contribution in [2.75, 3.05) is 19.6 Å². The molecule has 0 radical (unpaired) electrons. The SMILES string of the molecule is C1CCCC2CCC3CCN(C3C2)N2CC(CCC1)CNN2. The molecule has 3 heterocycles. The highest BCUT2D eigenvalue weighted by molar-refractivity contribution is 4.91. The molecule has 1 saturated carbocycles. The third kappa shape index (κ3) is 3.35. The van der Waals surface area contributed by atoms with Gasteiger partial charge in [-0.1, -0.05) is 44.9 Å². The Morgan fingerprint density at radius 1 is 0.773 bits per heavy atom. The summed E-state index contributed by atoms with van der Waals surface area (Å²) in [4.78, 5) is 0. The van der Waals surface area contributed by atoms with Crippen LogP contribution < -0.4 is 11.0 Å². The van der Waals surface area contributed by atoms with E-state index in [2.05, 4.69) is 21.1 Å². The predicted molar refractivity (Wildman–Crippen MR) is 89.6 cm³/mol. The number of fused-ring (bicyclic) bond motifs is 4. The fraction of sp³-hybridized carbons (Fsp3) is 1.00. The van der Waals surface area contributed by atoms with Gasteiger partial charge in [0.1, 0.15) is 0 Å². The van der Waals surface area contributed by atoms with Crippen LogP contribution in [0, 0.1) is 17.8 Å². The molecule has 4 bridgehead atoms. The number of hydrazine groups is 3. The van der Waals surface area contributed by atoms with Crippen molar-refractivity contribution in [3.63, 3.8) is 0 Å². The summed E-state index contributed by atoms with van der Waals surface area (Å²) in [5.74, 6) is 2.78. The molecular formula is C18H34N4. The van der Waals surface area contributed by atoms with E-state index in [0.717, 1.165) is 30.3 Å². The molecule has 5 atom stereocenters. The van der Waals surface area contributed by atoms with E-state index in [-0.39, 0.29) is 0 Å². The molecule has 4 heteroatoms. The summed E-state index contributed by atoms with van der Waals surface area (Å²) in [6.45, 7) is 3.62. The molecule has 4 rings (SSSR count). The van der Waals surface area contributed by atoms with Gasteiger partial charge < -0.3 is 0 Å². The van der Waals surface area contributed by atoms with Crippen molar-refractivity contribution in [3.05, 3.63) is 0 Å². The smallest absolute Gasteiger partial charge is 0.0345 e. The van der Waals surface area contributed by atoms with Crippen LogP contribution in [0.15, 0.2) is 0 Å². The van der Waals surface area contributed by atoms with E-state index in [4.69, 9.17) is 0 Å². The van der Waals surface area contributed by atoms with Crippen LogP contribution in [0.2, 0.25) is 0 Å². The van der Waals surface area contributed by atoms with Crippen LogP contribution in [0.3, 0.4) is 0 Å². The zero-order valence-corrected chi connectivity index (χ0v) is 14.1. The maximum absolute atomic E-state index is 3.47. The lowest BCUT2D eigenvalue weighted by atomic mass is 9.77. The molecule has 22 heavy (non-hydrogen) atoms. The molecule has 0 aromatic heterocycles. The van der Waals surface area contributed by atoms with Crippen molar-refractivity contribution in [1.82, 2.24) is 21.1 Å². The minimum Gasteiger partial charge on any atom is -0.243 e. The Balaban J connectivity index is 1.47. The van der Waals surface area contributed by atoms with Gasteiger partial charge in [-0.3, -0.25) is 0 Å². The highest BCUT2D eigenvalue weighted by atomic mass is 15.9. The Morgan fingerprint density at radius 3 is 2.50 bits per heavy atom. The maximum Gasteiger partial charge on any atom is 0.0345 e. The second kappa shape index (κ2) is 7.16. The Bertz CT molecular complexity index is 361. The van der Waals surface area contributed by atoms with Crippen LogP contribution in [0.5, 0.6) is 0 Å². The van der Waals surface area contributed by atoms with E-state index in [1.807, 2.05) is 0 Å².